The van der Waals surface area contributed by atoms with E-state index in [0.717, 1.165) is 0 Å². The first-order valence-electron chi connectivity index (χ1n) is 4.25. The first-order valence-corrected chi connectivity index (χ1v) is 4.25. The van der Waals surface area contributed by atoms with Crippen molar-refractivity contribution in [1.82, 2.24) is 0 Å². The van der Waals surface area contributed by atoms with Crippen LogP contribution < -0.4 is 18.9 Å². The maximum Gasteiger partial charge on any atom is 1.00 e. The monoisotopic (exact) mass is 231 g/mol. The van der Waals surface area contributed by atoms with Gasteiger partial charge in [0.25, 0.3) is 0 Å². The Balaban J connectivity index is 0. The Bertz CT molecular complexity index is 375. The molecule has 0 aliphatic heterocycles. The summed E-state index contributed by atoms with van der Waals surface area (Å²) in [5.74, 6) is -1.07. The molecule has 88 valence electrons. The van der Waals surface area contributed by atoms with E-state index in [2.05, 4.69) is 0 Å². The van der Waals surface area contributed by atoms with Crippen LogP contribution in [0.4, 0.5) is 4.39 Å². The molecule has 1 aliphatic carbocycles. The number of halogens is 1. The summed E-state index contributed by atoms with van der Waals surface area (Å²) >= 11 is 0. The second-order valence-electron chi connectivity index (χ2n) is 2.64. The van der Waals surface area contributed by atoms with E-state index in [1.165, 1.54) is 26.2 Å². The zero-order valence-corrected chi connectivity index (χ0v) is 9.90. The maximum atomic E-state index is 10.5. The molecular weight excluding hydrogens is 220 g/mol. The molecule has 1 aliphatic rings. The van der Waals surface area contributed by atoms with Gasteiger partial charge in [0, 0.05) is 11.3 Å². The van der Waals surface area contributed by atoms with Crippen molar-refractivity contribution in [2.24, 2.45) is 0 Å². The molecule has 0 spiro atoms. The van der Waals surface area contributed by atoms with Crippen LogP contribution >= 0.6 is 0 Å². The third-order valence-corrected chi connectivity index (χ3v) is 1.57. The Hall–Kier alpha value is -1.31. The standard InChI is InChI=1S/C9H7NO3.C2H4F.Li/c1-5-3-6(9(11)12)4-7(13-2)8(5)10;1-2-3;/h1,3-4H,2H3,(H,11,12);2H,1H3;/q-2;-1;+1. The minimum Gasteiger partial charge on any atom is -0.869 e. The van der Waals surface area contributed by atoms with Gasteiger partial charge in [-0.05, 0) is 6.08 Å². The fourth-order valence-electron chi connectivity index (χ4n) is 0.908. The summed E-state index contributed by atoms with van der Waals surface area (Å²) in [6, 6.07) is 0. The van der Waals surface area contributed by atoms with Crippen LogP contribution in [-0.2, 0) is 9.53 Å². The van der Waals surface area contributed by atoms with Crippen LogP contribution in [0, 0.1) is 13.3 Å². The quantitative estimate of drug-likeness (QED) is 0.492. The number of aliphatic carboxylic acids is 1. The number of carboxylic acid groups (broad SMARTS) is 1. The van der Waals surface area contributed by atoms with E-state index in [0.29, 0.717) is 6.67 Å². The molecular formula is C11H11FLiNO3-2. The number of nitrogens with zero attached hydrogens (tertiary/aromatic N) is 1. The minimum absolute atomic E-state index is 0. The summed E-state index contributed by atoms with van der Waals surface area (Å²) in [5.41, 5.74) is -0.281. The number of hydrogen-bond acceptors (Lipinski definition) is 2. The summed E-state index contributed by atoms with van der Waals surface area (Å²) < 4.78 is 14.9. The number of carboxylic acids is 1. The number of hydrogen-bond donors (Lipinski definition) is 1. The first kappa shape index (κ1) is 18.1. The molecule has 6 heteroatoms. The van der Waals surface area contributed by atoms with Crippen molar-refractivity contribution in [2.75, 3.05) is 7.11 Å². The van der Waals surface area contributed by atoms with Crippen molar-refractivity contribution in [3.63, 3.8) is 0 Å². The van der Waals surface area contributed by atoms with Crippen LogP contribution in [-0.4, -0.2) is 23.9 Å². The second kappa shape index (κ2) is 8.80. The molecule has 0 saturated heterocycles. The van der Waals surface area contributed by atoms with Crippen LogP contribution in [0.3, 0.4) is 0 Å². The predicted molar refractivity (Wildman–Crippen MR) is 58.1 cm³/mol. The minimum atomic E-state index is -1.12. The molecule has 1 rings (SSSR count). The van der Waals surface area contributed by atoms with Gasteiger partial charge in [-0.15, -0.1) is 0 Å². The number of allylic oxidation sites excluding steroid dienone is 2. The number of methoxy groups -OCH3 is 1. The largest absolute Gasteiger partial charge is 1.00 e. The van der Waals surface area contributed by atoms with Gasteiger partial charge in [0.1, 0.15) is 0 Å². The van der Waals surface area contributed by atoms with Crippen molar-refractivity contribution < 1.29 is 37.9 Å². The first-order chi connectivity index (χ1) is 7.47. The Labute approximate surface area is 112 Å². The molecule has 0 fully saturated rings. The van der Waals surface area contributed by atoms with Crippen LogP contribution in [0.15, 0.2) is 29.1 Å². The Morgan fingerprint density at radius 2 is 2.06 bits per heavy atom. The van der Waals surface area contributed by atoms with Crippen LogP contribution in [0.2, 0.25) is 0 Å². The van der Waals surface area contributed by atoms with Gasteiger partial charge in [0.05, 0.1) is 7.11 Å². The summed E-state index contributed by atoms with van der Waals surface area (Å²) in [7, 11) is 1.32. The summed E-state index contributed by atoms with van der Waals surface area (Å²) in [5, 5.41) is 17.9. The third-order valence-electron chi connectivity index (χ3n) is 1.57. The van der Waals surface area contributed by atoms with Crippen molar-refractivity contribution in [3.05, 3.63) is 47.7 Å². The number of ether oxygens (including phenoxy) is 1. The van der Waals surface area contributed by atoms with Gasteiger partial charge in [0.15, 0.2) is 0 Å². The molecule has 0 heterocycles. The van der Waals surface area contributed by atoms with E-state index in [-0.39, 0.29) is 41.5 Å². The fourth-order valence-corrected chi connectivity index (χ4v) is 0.908. The van der Waals surface area contributed by atoms with Gasteiger partial charge in [-0.1, -0.05) is 0 Å². The molecule has 0 radical (unpaired) electrons. The second-order valence-corrected chi connectivity index (χ2v) is 2.64. The van der Waals surface area contributed by atoms with Crippen molar-refractivity contribution in [2.45, 2.75) is 6.92 Å². The van der Waals surface area contributed by atoms with Gasteiger partial charge in [-0.25, -0.2) is 22.7 Å². The topological polar surface area (TPSA) is 68.8 Å². The molecule has 17 heavy (non-hydrogen) atoms. The van der Waals surface area contributed by atoms with Gasteiger partial charge in [-0.3, -0.25) is 0 Å². The maximum absolute atomic E-state index is 10.5. The SMILES string of the molecule is C[CH-]F.[CH-]=C1C=C(C(=O)O)C=C(OC)C1=[N-].[Li+]. The predicted octanol–water partition coefficient (Wildman–Crippen LogP) is -0.947. The van der Waals surface area contributed by atoms with E-state index in [4.69, 9.17) is 16.4 Å². The van der Waals surface area contributed by atoms with Crippen LogP contribution in [0.25, 0.3) is 5.41 Å². The molecule has 1 N–H and O–H groups in total. The summed E-state index contributed by atoms with van der Waals surface area (Å²) in [4.78, 5) is 10.5. The van der Waals surface area contributed by atoms with E-state index in [9.17, 15) is 14.6 Å². The van der Waals surface area contributed by atoms with Crippen molar-refractivity contribution >= 4 is 11.7 Å². The fraction of sp³-hybridized carbons (Fsp3) is 0.182. The molecule has 0 bridgehead atoms. The van der Waals surface area contributed by atoms with Gasteiger partial charge in [-0.2, -0.15) is 19.7 Å². The number of rotatable bonds is 2. The van der Waals surface area contributed by atoms with Gasteiger partial charge < -0.3 is 19.6 Å². The van der Waals surface area contributed by atoms with E-state index in [1.807, 2.05) is 0 Å². The zero-order chi connectivity index (χ0) is 12.7. The normalized spacial score (nSPS) is 13.6. The van der Waals surface area contributed by atoms with Crippen LogP contribution in [0.5, 0.6) is 0 Å². The number of carbonyl (C=O) groups is 1. The smallest absolute Gasteiger partial charge is 0.869 e. The van der Waals surface area contributed by atoms with Crippen molar-refractivity contribution in [3.8, 4) is 0 Å². The Morgan fingerprint density at radius 3 is 2.41 bits per heavy atom. The van der Waals surface area contributed by atoms with E-state index < -0.39 is 5.97 Å². The molecule has 4 nitrogen and oxygen atoms in total. The summed E-state index contributed by atoms with van der Waals surface area (Å²) in [6.45, 7) is 7.17. The van der Waals surface area contributed by atoms with E-state index in [1.54, 1.807) is 0 Å². The molecule has 0 aromatic carbocycles. The third kappa shape index (κ3) is 5.52. The Morgan fingerprint density at radius 1 is 1.59 bits per heavy atom. The molecule has 0 aromatic heterocycles. The molecule has 0 saturated carbocycles. The van der Waals surface area contributed by atoms with E-state index >= 15 is 0 Å². The van der Waals surface area contributed by atoms with Gasteiger partial charge in [0.2, 0.25) is 0 Å². The molecule has 0 amide bonds. The average Bonchev–Trinajstić information content (AvgIpc) is 2.22. The van der Waals surface area contributed by atoms with Gasteiger partial charge >= 0.3 is 24.8 Å². The average molecular weight is 231 g/mol. The summed E-state index contributed by atoms with van der Waals surface area (Å²) in [6.07, 6.45) is 2.37. The van der Waals surface area contributed by atoms with Crippen LogP contribution in [0.1, 0.15) is 6.92 Å². The zero-order valence-electron chi connectivity index (χ0n) is 9.90. The molecule has 0 unspecified atom stereocenters. The molecule has 0 atom stereocenters. The molecule has 0 aromatic rings. The van der Waals surface area contributed by atoms with Crippen molar-refractivity contribution in [1.29, 1.82) is 0 Å². The Kier molecular flexibility index (Phi) is 9.35.